The van der Waals surface area contributed by atoms with Gasteiger partial charge in [-0.15, -0.1) is 6.58 Å². The molecule has 3 nitrogen and oxygen atoms in total. The van der Waals surface area contributed by atoms with Crippen LogP contribution in [0.5, 0.6) is 5.75 Å². The van der Waals surface area contributed by atoms with Crippen LogP contribution in [0.2, 0.25) is 0 Å². The van der Waals surface area contributed by atoms with Gasteiger partial charge in [0, 0.05) is 0 Å². The Hall–Kier alpha value is -2.10. The maximum atomic E-state index is 6.06. The number of benzene rings is 2. The summed E-state index contributed by atoms with van der Waals surface area (Å²) in [7, 11) is 1.66. The first-order valence-corrected chi connectivity index (χ1v) is 8.24. The average molecular weight is 326 g/mol. The van der Waals surface area contributed by atoms with E-state index in [1.54, 1.807) is 7.11 Å². The van der Waals surface area contributed by atoms with Crippen molar-refractivity contribution in [3.63, 3.8) is 0 Å². The summed E-state index contributed by atoms with van der Waals surface area (Å²) < 4.78 is 17.2. The molecule has 2 aromatic carbocycles. The molecule has 0 aliphatic carbocycles. The van der Waals surface area contributed by atoms with Gasteiger partial charge in [0.2, 0.25) is 0 Å². The SMILES string of the molecule is C=CCC(OCc1ccc(OC)cc1)[C@H](C)OCc1ccccc1. The van der Waals surface area contributed by atoms with E-state index in [1.807, 2.05) is 55.5 Å². The monoisotopic (exact) mass is 326 g/mol. The second-order valence-corrected chi connectivity index (χ2v) is 5.72. The predicted molar refractivity (Wildman–Crippen MR) is 97.1 cm³/mol. The van der Waals surface area contributed by atoms with E-state index < -0.39 is 0 Å². The summed E-state index contributed by atoms with van der Waals surface area (Å²) in [4.78, 5) is 0. The first-order valence-electron chi connectivity index (χ1n) is 8.24. The maximum Gasteiger partial charge on any atom is 0.118 e. The molecule has 0 N–H and O–H groups in total. The summed E-state index contributed by atoms with van der Waals surface area (Å²) in [6.45, 7) is 7.00. The molecule has 0 radical (unpaired) electrons. The Morgan fingerprint density at radius 1 is 0.917 bits per heavy atom. The Kier molecular flexibility index (Phi) is 7.53. The standard InChI is InChI=1S/C21H26O3/c1-4-8-21(17(2)23-15-18-9-6-5-7-10-18)24-16-19-11-13-20(22-3)14-12-19/h4-7,9-14,17,21H,1,8,15-16H2,2-3H3/t17-,21?/m0/s1. The highest BCUT2D eigenvalue weighted by Gasteiger charge is 2.17. The molecule has 128 valence electrons. The van der Waals surface area contributed by atoms with Gasteiger partial charge in [-0.25, -0.2) is 0 Å². The lowest BCUT2D eigenvalue weighted by Crippen LogP contribution is -2.28. The quantitative estimate of drug-likeness (QED) is 0.589. The van der Waals surface area contributed by atoms with Gasteiger partial charge in [-0.05, 0) is 36.6 Å². The molecule has 0 heterocycles. The Balaban J connectivity index is 1.86. The fourth-order valence-corrected chi connectivity index (χ4v) is 2.39. The molecule has 0 saturated heterocycles. The van der Waals surface area contributed by atoms with E-state index in [0.29, 0.717) is 13.2 Å². The molecule has 0 spiro atoms. The summed E-state index contributed by atoms with van der Waals surface area (Å²) in [5.41, 5.74) is 2.27. The van der Waals surface area contributed by atoms with Crippen LogP contribution in [-0.4, -0.2) is 19.3 Å². The fraction of sp³-hybridized carbons (Fsp3) is 0.333. The highest BCUT2D eigenvalue weighted by atomic mass is 16.5. The van der Waals surface area contributed by atoms with Crippen LogP contribution in [-0.2, 0) is 22.7 Å². The molecular formula is C21H26O3. The normalized spacial score (nSPS) is 13.2. The first kappa shape index (κ1) is 18.2. The van der Waals surface area contributed by atoms with Crippen molar-refractivity contribution in [2.45, 2.75) is 38.8 Å². The zero-order valence-corrected chi connectivity index (χ0v) is 14.5. The van der Waals surface area contributed by atoms with Crippen molar-refractivity contribution in [3.05, 3.63) is 78.4 Å². The van der Waals surface area contributed by atoms with Crippen LogP contribution in [0.3, 0.4) is 0 Å². The zero-order chi connectivity index (χ0) is 17.2. The molecule has 24 heavy (non-hydrogen) atoms. The fourth-order valence-electron chi connectivity index (χ4n) is 2.39. The minimum atomic E-state index is -0.0201. The Morgan fingerprint density at radius 3 is 2.17 bits per heavy atom. The van der Waals surface area contributed by atoms with Crippen LogP contribution in [0.4, 0.5) is 0 Å². The van der Waals surface area contributed by atoms with Gasteiger partial charge in [0.15, 0.2) is 0 Å². The lowest BCUT2D eigenvalue weighted by atomic mass is 10.1. The second kappa shape index (κ2) is 9.91. The Bertz CT molecular complexity index is 592. The van der Waals surface area contributed by atoms with E-state index >= 15 is 0 Å². The molecule has 0 fully saturated rings. The van der Waals surface area contributed by atoms with E-state index in [2.05, 4.69) is 18.7 Å². The minimum Gasteiger partial charge on any atom is -0.497 e. The molecule has 0 saturated carbocycles. The third-order valence-corrected chi connectivity index (χ3v) is 3.90. The summed E-state index contributed by atoms with van der Waals surface area (Å²) >= 11 is 0. The molecule has 2 aromatic rings. The van der Waals surface area contributed by atoms with Gasteiger partial charge in [-0.2, -0.15) is 0 Å². The molecular weight excluding hydrogens is 300 g/mol. The van der Waals surface area contributed by atoms with Crippen molar-refractivity contribution in [2.75, 3.05) is 7.11 Å². The van der Waals surface area contributed by atoms with E-state index in [1.165, 1.54) is 0 Å². The second-order valence-electron chi connectivity index (χ2n) is 5.72. The van der Waals surface area contributed by atoms with Crippen LogP contribution in [0.15, 0.2) is 67.3 Å². The number of ether oxygens (including phenoxy) is 3. The molecule has 0 amide bonds. The predicted octanol–water partition coefficient (Wildman–Crippen LogP) is 4.76. The molecule has 0 aromatic heterocycles. The molecule has 0 aliphatic rings. The Labute approximate surface area is 144 Å². The summed E-state index contributed by atoms with van der Waals surface area (Å²) in [6.07, 6.45) is 2.60. The van der Waals surface area contributed by atoms with Gasteiger partial charge in [-0.1, -0.05) is 48.5 Å². The largest absolute Gasteiger partial charge is 0.497 e. The van der Waals surface area contributed by atoms with Gasteiger partial charge in [0.05, 0.1) is 32.5 Å². The molecule has 1 unspecified atom stereocenters. The minimum absolute atomic E-state index is 0.0125. The third-order valence-electron chi connectivity index (χ3n) is 3.90. The molecule has 0 bridgehead atoms. The molecule has 3 heteroatoms. The van der Waals surface area contributed by atoms with Crippen LogP contribution < -0.4 is 4.74 Å². The number of hydrogen-bond donors (Lipinski definition) is 0. The van der Waals surface area contributed by atoms with E-state index in [4.69, 9.17) is 14.2 Å². The van der Waals surface area contributed by atoms with Crippen molar-refractivity contribution < 1.29 is 14.2 Å². The lowest BCUT2D eigenvalue weighted by Gasteiger charge is -2.24. The topological polar surface area (TPSA) is 27.7 Å². The van der Waals surface area contributed by atoms with Crippen LogP contribution in [0, 0.1) is 0 Å². The van der Waals surface area contributed by atoms with E-state index in [0.717, 1.165) is 23.3 Å². The summed E-state index contributed by atoms with van der Waals surface area (Å²) in [5.74, 6) is 0.848. The van der Waals surface area contributed by atoms with Crippen molar-refractivity contribution >= 4 is 0 Å². The van der Waals surface area contributed by atoms with E-state index in [-0.39, 0.29) is 12.2 Å². The van der Waals surface area contributed by atoms with Crippen LogP contribution in [0.1, 0.15) is 24.5 Å². The highest BCUT2D eigenvalue weighted by Crippen LogP contribution is 2.16. The number of rotatable bonds is 10. The summed E-state index contributed by atoms with van der Waals surface area (Å²) in [5, 5.41) is 0. The van der Waals surface area contributed by atoms with Crippen LogP contribution in [0.25, 0.3) is 0 Å². The average Bonchev–Trinajstić information content (AvgIpc) is 2.64. The van der Waals surface area contributed by atoms with Crippen molar-refractivity contribution in [1.29, 1.82) is 0 Å². The van der Waals surface area contributed by atoms with Crippen molar-refractivity contribution in [1.82, 2.24) is 0 Å². The van der Waals surface area contributed by atoms with Crippen molar-refractivity contribution in [2.24, 2.45) is 0 Å². The number of methoxy groups -OCH3 is 1. The van der Waals surface area contributed by atoms with Crippen LogP contribution >= 0.6 is 0 Å². The Morgan fingerprint density at radius 2 is 1.54 bits per heavy atom. The van der Waals surface area contributed by atoms with E-state index in [9.17, 15) is 0 Å². The van der Waals surface area contributed by atoms with Gasteiger partial charge in [0.1, 0.15) is 5.75 Å². The van der Waals surface area contributed by atoms with Gasteiger partial charge >= 0.3 is 0 Å². The van der Waals surface area contributed by atoms with Gasteiger partial charge in [0.25, 0.3) is 0 Å². The lowest BCUT2D eigenvalue weighted by molar-refractivity contribution is -0.0756. The number of hydrogen-bond acceptors (Lipinski definition) is 3. The molecule has 0 aliphatic heterocycles. The maximum absolute atomic E-state index is 6.06. The van der Waals surface area contributed by atoms with Gasteiger partial charge in [-0.3, -0.25) is 0 Å². The molecule has 2 rings (SSSR count). The highest BCUT2D eigenvalue weighted by molar-refractivity contribution is 5.26. The summed E-state index contributed by atoms with van der Waals surface area (Å²) in [6, 6.07) is 18.1. The zero-order valence-electron chi connectivity index (χ0n) is 14.5. The van der Waals surface area contributed by atoms with Gasteiger partial charge < -0.3 is 14.2 Å². The molecule has 2 atom stereocenters. The first-order chi connectivity index (χ1) is 11.7. The smallest absolute Gasteiger partial charge is 0.118 e. The third kappa shape index (κ3) is 5.84. The van der Waals surface area contributed by atoms with Crippen molar-refractivity contribution in [3.8, 4) is 5.75 Å².